The predicted octanol–water partition coefficient (Wildman–Crippen LogP) is 1.76. The van der Waals surface area contributed by atoms with Crippen molar-refractivity contribution in [3.63, 3.8) is 0 Å². The van der Waals surface area contributed by atoms with Gasteiger partial charge in [-0.05, 0) is 12.5 Å². The Morgan fingerprint density at radius 2 is 2.22 bits per heavy atom. The number of carbonyl (C=O) groups is 1. The van der Waals surface area contributed by atoms with Crippen molar-refractivity contribution in [3.8, 4) is 0 Å². The van der Waals surface area contributed by atoms with Gasteiger partial charge in [0, 0.05) is 19.0 Å². The first-order chi connectivity index (χ1) is 8.66. The molecule has 1 aliphatic heterocycles. The van der Waals surface area contributed by atoms with Crippen LogP contribution in [0, 0.1) is 0 Å². The molecule has 1 amide bonds. The minimum Gasteiger partial charge on any atom is -0.334 e. The van der Waals surface area contributed by atoms with E-state index in [-0.39, 0.29) is 12.5 Å². The summed E-state index contributed by atoms with van der Waals surface area (Å²) in [6, 6.07) is 7.58. The molecule has 0 saturated carbocycles. The van der Waals surface area contributed by atoms with Crippen LogP contribution < -0.4 is 0 Å². The van der Waals surface area contributed by atoms with Gasteiger partial charge in [0.25, 0.3) is 5.91 Å². The van der Waals surface area contributed by atoms with Gasteiger partial charge in [-0.3, -0.25) is 9.48 Å². The Hall–Kier alpha value is -1.91. The monoisotopic (exact) mass is 247 g/mol. The first-order valence-corrected chi connectivity index (χ1v) is 6.02. The second-order valence-corrected chi connectivity index (χ2v) is 4.63. The minimum atomic E-state index is -0.899. The molecule has 5 heteroatoms. The summed E-state index contributed by atoms with van der Waals surface area (Å²) in [5.74, 6) is -0.174. The highest BCUT2D eigenvalue weighted by Gasteiger charge is 2.29. The normalized spacial score (nSPS) is 19.7. The van der Waals surface area contributed by atoms with Crippen LogP contribution in [0.1, 0.15) is 16.9 Å². The minimum absolute atomic E-state index is 0.174. The highest BCUT2D eigenvalue weighted by atomic mass is 19.1. The lowest BCUT2D eigenvalue weighted by molar-refractivity contribution is 0.0778. The lowest BCUT2D eigenvalue weighted by Gasteiger charge is -2.13. The molecule has 94 valence electrons. The quantitative estimate of drug-likeness (QED) is 0.770. The van der Waals surface area contributed by atoms with Crippen molar-refractivity contribution in [2.75, 3.05) is 13.1 Å². The number of hydrogen-bond donors (Lipinski definition) is 0. The molecular weight excluding hydrogens is 233 g/mol. The number of nitrogens with zero attached hydrogens (tertiary/aromatic N) is 3. The lowest BCUT2D eigenvalue weighted by atomic mass is 10.2. The third-order valence-electron chi connectivity index (χ3n) is 3.38. The number of para-hydroxylation sites is 1. The zero-order chi connectivity index (χ0) is 12.7. The number of aryl methyl sites for hydroxylation is 1. The van der Waals surface area contributed by atoms with Crippen molar-refractivity contribution in [2.24, 2.45) is 7.05 Å². The van der Waals surface area contributed by atoms with Crippen molar-refractivity contribution in [3.05, 3.63) is 30.0 Å². The number of rotatable bonds is 1. The van der Waals surface area contributed by atoms with Crippen molar-refractivity contribution < 1.29 is 9.18 Å². The smallest absolute Gasteiger partial charge is 0.275 e. The summed E-state index contributed by atoms with van der Waals surface area (Å²) in [6.07, 6.45) is -0.472. The Labute approximate surface area is 104 Å². The second kappa shape index (κ2) is 4.08. The number of carbonyl (C=O) groups excluding carboxylic acids is 1. The third kappa shape index (κ3) is 1.66. The second-order valence-electron chi connectivity index (χ2n) is 4.63. The van der Waals surface area contributed by atoms with Gasteiger partial charge in [-0.1, -0.05) is 18.2 Å². The van der Waals surface area contributed by atoms with Gasteiger partial charge in [0.05, 0.1) is 12.1 Å². The van der Waals surface area contributed by atoms with Gasteiger partial charge in [0.1, 0.15) is 6.17 Å². The Balaban J connectivity index is 2.02. The van der Waals surface area contributed by atoms with Crippen LogP contribution in [0.15, 0.2) is 24.3 Å². The van der Waals surface area contributed by atoms with Crippen LogP contribution in [0.2, 0.25) is 0 Å². The molecule has 0 N–H and O–H groups in total. The summed E-state index contributed by atoms with van der Waals surface area (Å²) in [7, 11) is 1.81. The average Bonchev–Trinajstić information content (AvgIpc) is 2.94. The van der Waals surface area contributed by atoms with Crippen molar-refractivity contribution in [1.29, 1.82) is 0 Å². The fraction of sp³-hybridized carbons (Fsp3) is 0.385. The van der Waals surface area contributed by atoms with Gasteiger partial charge < -0.3 is 4.90 Å². The maximum Gasteiger partial charge on any atom is 0.275 e. The Morgan fingerprint density at radius 3 is 2.94 bits per heavy atom. The summed E-state index contributed by atoms with van der Waals surface area (Å²) in [4.78, 5) is 13.8. The Bertz CT molecular complexity index is 607. The van der Waals surface area contributed by atoms with E-state index in [2.05, 4.69) is 5.10 Å². The van der Waals surface area contributed by atoms with Crippen LogP contribution in [-0.2, 0) is 7.05 Å². The molecule has 1 aromatic heterocycles. The number of hydrogen-bond acceptors (Lipinski definition) is 2. The van der Waals surface area contributed by atoms with E-state index in [1.807, 2.05) is 24.3 Å². The van der Waals surface area contributed by atoms with Crippen LogP contribution in [0.25, 0.3) is 10.9 Å². The first-order valence-electron chi connectivity index (χ1n) is 6.02. The van der Waals surface area contributed by atoms with E-state index >= 15 is 0 Å². The molecule has 1 aromatic carbocycles. The molecule has 2 heterocycles. The zero-order valence-corrected chi connectivity index (χ0v) is 10.1. The number of amides is 1. The van der Waals surface area contributed by atoms with Gasteiger partial charge in [0.2, 0.25) is 0 Å². The summed E-state index contributed by atoms with van der Waals surface area (Å²) >= 11 is 0. The van der Waals surface area contributed by atoms with Crippen molar-refractivity contribution in [1.82, 2.24) is 14.7 Å². The van der Waals surface area contributed by atoms with Gasteiger partial charge >= 0.3 is 0 Å². The molecule has 18 heavy (non-hydrogen) atoms. The summed E-state index contributed by atoms with van der Waals surface area (Å²) in [6.45, 7) is 0.661. The molecule has 1 atom stereocenters. The molecular formula is C13H14FN3O. The summed E-state index contributed by atoms with van der Waals surface area (Å²) in [5.41, 5.74) is 1.33. The standard InChI is InChI=1S/C13H14FN3O/c1-16-11-5-3-2-4-10(11)12(15-16)13(18)17-7-6-9(14)8-17/h2-5,9H,6-8H2,1H3/t9-/m1/s1. The topological polar surface area (TPSA) is 38.1 Å². The fourth-order valence-electron chi connectivity index (χ4n) is 2.42. The maximum atomic E-state index is 13.1. The van der Waals surface area contributed by atoms with E-state index in [1.165, 1.54) is 0 Å². The fourth-order valence-corrected chi connectivity index (χ4v) is 2.42. The maximum absolute atomic E-state index is 13.1. The van der Waals surface area contributed by atoms with E-state index in [9.17, 15) is 9.18 Å². The molecule has 3 rings (SSSR count). The van der Waals surface area contributed by atoms with Crippen molar-refractivity contribution in [2.45, 2.75) is 12.6 Å². The number of benzene rings is 1. The molecule has 4 nitrogen and oxygen atoms in total. The largest absolute Gasteiger partial charge is 0.334 e. The molecule has 1 aliphatic rings. The average molecular weight is 247 g/mol. The molecule has 0 spiro atoms. The van der Waals surface area contributed by atoms with E-state index in [0.717, 1.165) is 10.9 Å². The molecule has 0 radical (unpaired) electrons. The highest BCUT2D eigenvalue weighted by Crippen LogP contribution is 2.21. The third-order valence-corrected chi connectivity index (χ3v) is 3.38. The number of fused-ring (bicyclic) bond motifs is 1. The van der Waals surface area contributed by atoms with Crippen LogP contribution in [0.3, 0.4) is 0 Å². The van der Waals surface area contributed by atoms with Crippen LogP contribution in [0.5, 0.6) is 0 Å². The molecule has 0 bridgehead atoms. The van der Waals surface area contributed by atoms with Gasteiger partial charge in [-0.2, -0.15) is 5.10 Å². The molecule has 2 aromatic rings. The van der Waals surface area contributed by atoms with Crippen LogP contribution in [0.4, 0.5) is 4.39 Å². The van der Waals surface area contributed by atoms with Gasteiger partial charge in [-0.25, -0.2) is 4.39 Å². The molecule has 0 aliphatic carbocycles. The number of likely N-dealkylation sites (tertiary alicyclic amines) is 1. The van der Waals surface area contributed by atoms with E-state index < -0.39 is 6.17 Å². The SMILES string of the molecule is Cn1nc(C(=O)N2CC[C@@H](F)C2)c2ccccc21. The number of alkyl halides is 1. The Kier molecular flexibility index (Phi) is 2.54. The number of aromatic nitrogens is 2. The van der Waals surface area contributed by atoms with Crippen molar-refractivity contribution >= 4 is 16.8 Å². The van der Waals surface area contributed by atoms with Gasteiger partial charge in [0.15, 0.2) is 5.69 Å². The van der Waals surface area contributed by atoms with Crippen LogP contribution >= 0.6 is 0 Å². The zero-order valence-electron chi connectivity index (χ0n) is 10.1. The van der Waals surface area contributed by atoms with Crippen LogP contribution in [-0.4, -0.2) is 39.8 Å². The Morgan fingerprint density at radius 1 is 1.44 bits per heavy atom. The highest BCUT2D eigenvalue weighted by molar-refractivity contribution is 6.04. The number of halogens is 1. The summed E-state index contributed by atoms with van der Waals surface area (Å²) < 4.78 is 14.8. The van der Waals surface area contributed by atoms with E-state index in [0.29, 0.717) is 18.7 Å². The lowest BCUT2D eigenvalue weighted by Crippen LogP contribution is -2.29. The predicted molar refractivity (Wildman–Crippen MR) is 66.1 cm³/mol. The molecule has 0 unspecified atom stereocenters. The van der Waals surface area contributed by atoms with E-state index in [1.54, 1.807) is 16.6 Å². The molecule has 1 saturated heterocycles. The molecule has 1 fully saturated rings. The first kappa shape index (κ1) is 11.2. The summed E-state index contributed by atoms with van der Waals surface area (Å²) in [5, 5.41) is 5.09. The van der Waals surface area contributed by atoms with Gasteiger partial charge in [-0.15, -0.1) is 0 Å². The van der Waals surface area contributed by atoms with E-state index in [4.69, 9.17) is 0 Å².